The Balaban J connectivity index is 1.91. The van der Waals surface area contributed by atoms with Crippen molar-refractivity contribution in [1.82, 2.24) is 4.98 Å². The van der Waals surface area contributed by atoms with Crippen LogP contribution in [0.5, 0.6) is 5.75 Å². The second-order valence-corrected chi connectivity index (χ2v) is 6.08. The molecule has 1 amide bonds. The second kappa shape index (κ2) is 8.94. The van der Waals surface area contributed by atoms with Crippen LogP contribution in [0.25, 0.3) is 0 Å². The van der Waals surface area contributed by atoms with Gasteiger partial charge >= 0.3 is 0 Å². The maximum atomic E-state index is 12.1. The molecule has 1 aromatic carbocycles. The molecule has 0 aliphatic rings. The number of para-hydroxylation sites is 2. The van der Waals surface area contributed by atoms with Crippen LogP contribution in [0.1, 0.15) is 24.6 Å². The van der Waals surface area contributed by atoms with Crippen molar-refractivity contribution >= 4 is 23.4 Å². The number of amides is 1. The molecule has 0 spiro atoms. The zero-order chi connectivity index (χ0) is 17.4. The van der Waals surface area contributed by atoms with Crippen LogP contribution in [0, 0.1) is 18.3 Å². The minimum atomic E-state index is -0.0965. The summed E-state index contributed by atoms with van der Waals surface area (Å²) in [5, 5.41) is 12.6. The van der Waals surface area contributed by atoms with E-state index in [1.807, 2.05) is 38.1 Å². The molecule has 6 heteroatoms. The largest absolute Gasteiger partial charge is 0.492 e. The van der Waals surface area contributed by atoms with Crippen molar-refractivity contribution in [1.29, 1.82) is 5.26 Å². The lowest BCUT2D eigenvalue weighted by Crippen LogP contribution is -2.13. The van der Waals surface area contributed by atoms with Crippen LogP contribution in [0.2, 0.25) is 0 Å². The lowest BCUT2D eigenvalue weighted by molar-refractivity contribution is -0.115. The van der Waals surface area contributed by atoms with Crippen LogP contribution in [-0.2, 0) is 4.79 Å². The van der Waals surface area contributed by atoms with Crippen molar-refractivity contribution in [3.05, 3.63) is 47.7 Å². The van der Waals surface area contributed by atoms with E-state index in [9.17, 15) is 4.79 Å². The number of hydrogen-bond acceptors (Lipinski definition) is 5. The van der Waals surface area contributed by atoms with Crippen LogP contribution >= 0.6 is 11.8 Å². The van der Waals surface area contributed by atoms with Crippen molar-refractivity contribution in [3.63, 3.8) is 0 Å². The van der Waals surface area contributed by atoms with E-state index in [4.69, 9.17) is 10.00 Å². The van der Waals surface area contributed by atoms with E-state index in [-0.39, 0.29) is 5.91 Å². The molecule has 24 heavy (non-hydrogen) atoms. The molecule has 0 aliphatic carbocycles. The Morgan fingerprint density at radius 3 is 2.88 bits per heavy atom. The number of aryl methyl sites for hydroxylation is 1. The molecule has 2 rings (SSSR count). The predicted octanol–water partition coefficient (Wildman–Crippen LogP) is 3.78. The summed E-state index contributed by atoms with van der Waals surface area (Å²) < 4.78 is 5.49. The molecule has 1 heterocycles. The minimum Gasteiger partial charge on any atom is -0.492 e. The summed E-state index contributed by atoms with van der Waals surface area (Å²) in [6, 6.07) is 13.0. The fourth-order valence-corrected chi connectivity index (χ4v) is 2.99. The zero-order valence-corrected chi connectivity index (χ0v) is 14.5. The first-order chi connectivity index (χ1) is 11.6. The van der Waals surface area contributed by atoms with Gasteiger partial charge in [0, 0.05) is 17.9 Å². The summed E-state index contributed by atoms with van der Waals surface area (Å²) in [6.07, 6.45) is 0.325. The molecule has 0 saturated carbocycles. The summed E-state index contributed by atoms with van der Waals surface area (Å²) in [6.45, 7) is 4.32. The number of benzene rings is 1. The van der Waals surface area contributed by atoms with Crippen molar-refractivity contribution in [2.75, 3.05) is 17.7 Å². The lowest BCUT2D eigenvalue weighted by atomic mass is 10.3. The van der Waals surface area contributed by atoms with Gasteiger partial charge in [0.15, 0.2) is 0 Å². The van der Waals surface area contributed by atoms with E-state index >= 15 is 0 Å². The summed E-state index contributed by atoms with van der Waals surface area (Å²) in [7, 11) is 0. The third-order valence-corrected chi connectivity index (χ3v) is 4.14. The Morgan fingerprint density at radius 2 is 2.12 bits per heavy atom. The number of nitrogens with zero attached hydrogens (tertiary/aromatic N) is 2. The molecule has 124 valence electrons. The highest BCUT2D eigenvalue weighted by Gasteiger charge is 2.09. The van der Waals surface area contributed by atoms with Crippen molar-refractivity contribution < 1.29 is 9.53 Å². The fourth-order valence-electron chi connectivity index (χ4n) is 2.03. The third-order valence-electron chi connectivity index (χ3n) is 3.15. The number of pyridine rings is 1. The van der Waals surface area contributed by atoms with E-state index < -0.39 is 0 Å². The Labute approximate surface area is 146 Å². The van der Waals surface area contributed by atoms with Gasteiger partial charge in [0.25, 0.3) is 0 Å². The average Bonchev–Trinajstić information content (AvgIpc) is 2.57. The highest BCUT2D eigenvalue weighted by molar-refractivity contribution is 7.99. The molecular formula is C18H19N3O2S. The quantitative estimate of drug-likeness (QED) is 0.776. The smallest absolute Gasteiger partial charge is 0.225 e. The molecule has 0 bridgehead atoms. The monoisotopic (exact) mass is 341 g/mol. The normalized spacial score (nSPS) is 10.0. The zero-order valence-electron chi connectivity index (χ0n) is 13.7. The Kier molecular flexibility index (Phi) is 6.64. The topological polar surface area (TPSA) is 75.0 Å². The fraction of sp³-hybridized carbons (Fsp3) is 0.278. The van der Waals surface area contributed by atoms with Gasteiger partial charge in [-0.3, -0.25) is 4.79 Å². The van der Waals surface area contributed by atoms with Gasteiger partial charge in [-0.15, -0.1) is 11.8 Å². The maximum absolute atomic E-state index is 12.1. The van der Waals surface area contributed by atoms with Gasteiger partial charge in [-0.2, -0.15) is 5.26 Å². The molecular weight excluding hydrogens is 322 g/mol. The van der Waals surface area contributed by atoms with Gasteiger partial charge in [0.05, 0.1) is 17.9 Å². The van der Waals surface area contributed by atoms with E-state index in [0.717, 1.165) is 5.69 Å². The van der Waals surface area contributed by atoms with E-state index in [2.05, 4.69) is 16.4 Å². The molecule has 5 nitrogen and oxygen atoms in total. The number of carbonyl (C=O) groups excluding carboxylic acids is 1. The number of nitrogens with one attached hydrogen (secondary N) is 1. The van der Waals surface area contributed by atoms with E-state index in [1.165, 1.54) is 11.8 Å². The van der Waals surface area contributed by atoms with Crippen molar-refractivity contribution in [2.45, 2.75) is 25.3 Å². The Bertz CT molecular complexity index is 756. The first-order valence-corrected chi connectivity index (χ1v) is 8.64. The van der Waals surface area contributed by atoms with E-state index in [1.54, 1.807) is 12.1 Å². The first-order valence-electron chi connectivity index (χ1n) is 7.66. The number of aromatic nitrogens is 1. The van der Waals surface area contributed by atoms with Gasteiger partial charge in [0.1, 0.15) is 16.8 Å². The number of carbonyl (C=O) groups is 1. The number of nitriles is 1. The van der Waals surface area contributed by atoms with Gasteiger partial charge in [0.2, 0.25) is 5.91 Å². The Morgan fingerprint density at radius 1 is 1.33 bits per heavy atom. The van der Waals surface area contributed by atoms with E-state index in [0.29, 0.717) is 40.8 Å². The highest BCUT2D eigenvalue weighted by atomic mass is 32.2. The molecule has 0 saturated heterocycles. The molecule has 1 N–H and O–H groups in total. The average molecular weight is 341 g/mol. The van der Waals surface area contributed by atoms with Crippen LogP contribution < -0.4 is 10.1 Å². The molecule has 1 aromatic heterocycles. The molecule has 0 atom stereocenters. The summed E-state index contributed by atoms with van der Waals surface area (Å²) >= 11 is 1.41. The SMILES string of the molecule is CCOc1ccccc1NC(=O)CCSc1nc(C)ccc1C#N. The molecule has 0 radical (unpaired) electrons. The number of hydrogen-bond donors (Lipinski definition) is 1. The first kappa shape index (κ1) is 17.8. The van der Waals surface area contributed by atoms with Crippen LogP contribution in [-0.4, -0.2) is 23.3 Å². The van der Waals surface area contributed by atoms with Crippen LogP contribution in [0.3, 0.4) is 0 Å². The number of thioether (sulfide) groups is 1. The summed E-state index contributed by atoms with van der Waals surface area (Å²) in [5.41, 5.74) is 2.06. The standard InChI is InChI=1S/C18H19N3O2S/c1-3-23-16-7-5-4-6-15(16)21-17(22)10-11-24-18-14(12-19)9-8-13(2)20-18/h4-9H,3,10-11H2,1-2H3,(H,21,22). The van der Waals surface area contributed by atoms with Gasteiger partial charge < -0.3 is 10.1 Å². The van der Waals surface area contributed by atoms with Gasteiger partial charge in [-0.05, 0) is 38.1 Å². The number of ether oxygens (including phenoxy) is 1. The van der Waals surface area contributed by atoms with Crippen LogP contribution in [0.15, 0.2) is 41.4 Å². The number of anilines is 1. The minimum absolute atomic E-state index is 0.0965. The third kappa shape index (κ3) is 5.00. The highest BCUT2D eigenvalue weighted by Crippen LogP contribution is 2.25. The summed E-state index contributed by atoms with van der Waals surface area (Å²) in [5.74, 6) is 1.11. The van der Waals surface area contributed by atoms with Gasteiger partial charge in [-0.1, -0.05) is 12.1 Å². The lowest BCUT2D eigenvalue weighted by Gasteiger charge is -2.11. The molecule has 0 unspecified atom stereocenters. The van der Waals surface area contributed by atoms with Crippen molar-refractivity contribution in [2.24, 2.45) is 0 Å². The molecule has 0 fully saturated rings. The summed E-state index contributed by atoms with van der Waals surface area (Å²) in [4.78, 5) is 16.5. The molecule has 0 aliphatic heterocycles. The predicted molar refractivity (Wildman–Crippen MR) is 95.3 cm³/mol. The van der Waals surface area contributed by atoms with Gasteiger partial charge in [-0.25, -0.2) is 4.98 Å². The number of rotatable bonds is 7. The van der Waals surface area contributed by atoms with Crippen molar-refractivity contribution in [3.8, 4) is 11.8 Å². The molecule has 2 aromatic rings. The second-order valence-electron chi connectivity index (χ2n) is 4.99. The maximum Gasteiger partial charge on any atom is 0.225 e. The Hall–Kier alpha value is -2.52. The van der Waals surface area contributed by atoms with Crippen LogP contribution in [0.4, 0.5) is 5.69 Å².